The topological polar surface area (TPSA) is 59.6 Å². The van der Waals surface area contributed by atoms with Crippen LogP contribution in [0.4, 0.5) is 29.3 Å². The Balaban J connectivity index is 1.78. The standard InChI is InChI=1S/C23H28BF3N2O3/c1-21(2,3)13-8-9-15(25)18(10-13)28-20(30)29-19-12-16(26)14(11-17(19)27)24-31-22(4,5)23(6,7)32-24/h8-12H,1-7H3,(H2,28,29,30). The van der Waals surface area contributed by atoms with Gasteiger partial charge in [-0.3, -0.25) is 0 Å². The highest BCUT2D eigenvalue weighted by Crippen LogP contribution is 2.37. The van der Waals surface area contributed by atoms with E-state index in [1.54, 1.807) is 33.8 Å². The Bertz CT molecular complexity index is 1040. The molecule has 2 aromatic carbocycles. The van der Waals surface area contributed by atoms with Gasteiger partial charge in [0.05, 0.1) is 22.6 Å². The fourth-order valence-corrected chi connectivity index (χ4v) is 3.17. The summed E-state index contributed by atoms with van der Waals surface area (Å²) in [6.45, 7) is 13.0. The molecule has 32 heavy (non-hydrogen) atoms. The van der Waals surface area contributed by atoms with Gasteiger partial charge in [-0.1, -0.05) is 26.8 Å². The number of benzene rings is 2. The van der Waals surface area contributed by atoms with Crippen LogP contribution in [-0.4, -0.2) is 24.4 Å². The van der Waals surface area contributed by atoms with Crippen LogP contribution < -0.4 is 16.1 Å². The van der Waals surface area contributed by atoms with Gasteiger partial charge >= 0.3 is 13.1 Å². The second-order valence-electron chi connectivity index (χ2n) is 9.97. The molecule has 0 atom stereocenters. The van der Waals surface area contributed by atoms with Crippen LogP contribution in [0, 0.1) is 17.5 Å². The van der Waals surface area contributed by atoms with E-state index < -0.39 is 47.5 Å². The second kappa shape index (κ2) is 8.12. The average molecular weight is 448 g/mol. The Hall–Kier alpha value is -2.52. The molecular formula is C23H28BF3N2O3. The molecule has 0 unspecified atom stereocenters. The predicted octanol–water partition coefficient (Wildman–Crippen LogP) is 5.34. The molecule has 0 radical (unpaired) electrons. The van der Waals surface area contributed by atoms with Crippen molar-refractivity contribution in [3.63, 3.8) is 0 Å². The van der Waals surface area contributed by atoms with Gasteiger partial charge in [0.25, 0.3) is 0 Å². The van der Waals surface area contributed by atoms with E-state index in [-0.39, 0.29) is 16.6 Å². The van der Waals surface area contributed by atoms with E-state index in [0.29, 0.717) is 0 Å². The maximum Gasteiger partial charge on any atom is 0.497 e. The van der Waals surface area contributed by atoms with Crippen molar-refractivity contribution in [2.24, 2.45) is 0 Å². The summed E-state index contributed by atoms with van der Waals surface area (Å²) < 4.78 is 55.1. The van der Waals surface area contributed by atoms with Crippen LogP contribution in [0.25, 0.3) is 0 Å². The summed E-state index contributed by atoms with van der Waals surface area (Å²) in [5.74, 6) is -2.33. The van der Waals surface area contributed by atoms with Crippen LogP contribution in [0.5, 0.6) is 0 Å². The third-order valence-electron chi connectivity index (χ3n) is 5.92. The number of amides is 2. The zero-order chi connectivity index (χ0) is 24.1. The van der Waals surface area contributed by atoms with Gasteiger partial charge in [-0.25, -0.2) is 18.0 Å². The van der Waals surface area contributed by atoms with Crippen molar-refractivity contribution in [3.05, 3.63) is 53.3 Å². The van der Waals surface area contributed by atoms with E-state index in [1.165, 1.54) is 12.1 Å². The number of urea groups is 1. The van der Waals surface area contributed by atoms with Crippen LogP contribution in [0.2, 0.25) is 0 Å². The summed E-state index contributed by atoms with van der Waals surface area (Å²) >= 11 is 0. The minimum Gasteiger partial charge on any atom is -0.399 e. The molecule has 2 aromatic rings. The van der Waals surface area contributed by atoms with Gasteiger partial charge in [-0.15, -0.1) is 0 Å². The molecule has 1 aliphatic rings. The number of hydrogen-bond donors (Lipinski definition) is 2. The number of nitrogens with one attached hydrogen (secondary N) is 2. The first-order valence-electron chi connectivity index (χ1n) is 10.3. The molecule has 3 rings (SSSR count). The lowest BCUT2D eigenvalue weighted by Gasteiger charge is -2.32. The maximum absolute atomic E-state index is 14.8. The lowest BCUT2D eigenvalue weighted by molar-refractivity contribution is 0.00578. The maximum atomic E-state index is 14.8. The molecule has 0 aromatic heterocycles. The summed E-state index contributed by atoms with van der Waals surface area (Å²) in [6.07, 6.45) is 0. The van der Waals surface area contributed by atoms with Gasteiger partial charge in [0.2, 0.25) is 0 Å². The fourth-order valence-electron chi connectivity index (χ4n) is 3.17. The molecule has 0 saturated carbocycles. The highest BCUT2D eigenvalue weighted by atomic mass is 19.1. The number of halogens is 3. The van der Waals surface area contributed by atoms with Crippen LogP contribution >= 0.6 is 0 Å². The average Bonchev–Trinajstić information content (AvgIpc) is 2.86. The minimum atomic E-state index is -1.09. The van der Waals surface area contributed by atoms with Crippen LogP contribution in [0.1, 0.15) is 54.0 Å². The van der Waals surface area contributed by atoms with Crippen molar-refractivity contribution in [1.29, 1.82) is 0 Å². The first kappa shape index (κ1) is 24.1. The molecule has 0 bridgehead atoms. The van der Waals surface area contributed by atoms with E-state index in [2.05, 4.69) is 10.6 Å². The van der Waals surface area contributed by atoms with Crippen LogP contribution in [0.3, 0.4) is 0 Å². The molecule has 9 heteroatoms. The number of hydrogen-bond acceptors (Lipinski definition) is 3. The van der Waals surface area contributed by atoms with Gasteiger partial charge in [0, 0.05) is 11.5 Å². The molecule has 1 aliphatic heterocycles. The van der Waals surface area contributed by atoms with Crippen molar-refractivity contribution < 1.29 is 27.3 Å². The van der Waals surface area contributed by atoms with Crippen molar-refractivity contribution in [1.82, 2.24) is 0 Å². The zero-order valence-corrected chi connectivity index (χ0v) is 19.3. The zero-order valence-electron chi connectivity index (χ0n) is 19.3. The third kappa shape index (κ3) is 4.78. The summed E-state index contributed by atoms with van der Waals surface area (Å²) in [7, 11) is -1.09. The normalized spacial score (nSPS) is 17.4. The first-order chi connectivity index (χ1) is 14.6. The molecule has 0 aliphatic carbocycles. The van der Waals surface area contributed by atoms with Crippen molar-refractivity contribution >= 4 is 30.0 Å². The highest BCUT2D eigenvalue weighted by Gasteiger charge is 2.52. The Labute approximate surface area is 186 Å². The molecule has 2 amide bonds. The Morgan fingerprint density at radius 3 is 1.91 bits per heavy atom. The molecule has 0 spiro atoms. The van der Waals surface area contributed by atoms with E-state index in [4.69, 9.17) is 9.31 Å². The molecule has 1 heterocycles. The summed E-state index contributed by atoms with van der Waals surface area (Å²) in [5.41, 5.74) is -1.47. The Morgan fingerprint density at radius 1 is 0.844 bits per heavy atom. The van der Waals surface area contributed by atoms with E-state index >= 15 is 0 Å². The van der Waals surface area contributed by atoms with E-state index in [1.807, 2.05) is 20.8 Å². The van der Waals surface area contributed by atoms with Crippen molar-refractivity contribution in [2.45, 2.75) is 65.1 Å². The van der Waals surface area contributed by atoms with Gasteiger partial charge in [-0.2, -0.15) is 0 Å². The molecule has 1 fully saturated rings. The smallest absolute Gasteiger partial charge is 0.399 e. The molecular weight excluding hydrogens is 420 g/mol. The van der Waals surface area contributed by atoms with Gasteiger partial charge < -0.3 is 19.9 Å². The lowest BCUT2D eigenvalue weighted by atomic mass is 9.78. The minimum absolute atomic E-state index is 0.0651. The van der Waals surface area contributed by atoms with Gasteiger partial charge in [0.15, 0.2) is 0 Å². The SMILES string of the molecule is CC(C)(C)c1ccc(F)c(NC(=O)Nc2cc(F)c(B3OC(C)(C)C(C)(C)O3)cc2F)c1. The largest absolute Gasteiger partial charge is 0.497 e. The predicted molar refractivity (Wildman–Crippen MR) is 120 cm³/mol. The number of anilines is 2. The van der Waals surface area contributed by atoms with E-state index in [0.717, 1.165) is 17.7 Å². The Kier molecular flexibility index (Phi) is 6.12. The van der Waals surface area contributed by atoms with Crippen LogP contribution in [0.15, 0.2) is 30.3 Å². The monoisotopic (exact) mass is 448 g/mol. The van der Waals surface area contributed by atoms with Crippen molar-refractivity contribution in [2.75, 3.05) is 10.6 Å². The fraction of sp³-hybridized carbons (Fsp3) is 0.435. The quantitative estimate of drug-likeness (QED) is 0.623. The van der Waals surface area contributed by atoms with Crippen LogP contribution in [-0.2, 0) is 14.7 Å². The van der Waals surface area contributed by atoms with Gasteiger partial charge in [-0.05, 0) is 56.9 Å². The summed E-state index contributed by atoms with van der Waals surface area (Å²) in [5, 5.41) is 4.57. The second-order valence-corrected chi connectivity index (χ2v) is 9.97. The molecule has 5 nitrogen and oxygen atoms in total. The van der Waals surface area contributed by atoms with Crippen molar-refractivity contribution in [3.8, 4) is 0 Å². The van der Waals surface area contributed by atoms with E-state index in [9.17, 15) is 18.0 Å². The number of rotatable bonds is 3. The molecule has 2 N–H and O–H groups in total. The first-order valence-corrected chi connectivity index (χ1v) is 10.3. The number of carbonyl (C=O) groups is 1. The van der Waals surface area contributed by atoms with Gasteiger partial charge in [0.1, 0.15) is 17.5 Å². The summed E-state index contributed by atoms with van der Waals surface area (Å²) in [6, 6.07) is 5.24. The number of carbonyl (C=O) groups excluding carboxylic acids is 1. The summed E-state index contributed by atoms with van der Waals surface area (Å²) in [4.78, 5) is 12.3. The third-order valence-corrected chi connectivity index (χ3v) is 5.92. The highest BCUT2D eigenvalue weighted by molar-refractivity contribution is 6.62. The lowest BCUT2D eigenvalue weighted by Crippen LogP contribution is -2.41. The molecule has 1 saturated heterocycles. The Morgan fingerprint density at radius 2 is 1.38 bits per heavy atom. The molecule has 172 valence electrons.